The smallest absolute Gasteiger partial charge is 0.207 e. The molecule has 1 aromatic heterocycles. The van der Waals surface area contributed by atoms with Crippen LogP contribution < -0.4 is 0 Å². The molecule has 0 saturated heterocycles. The molecule has 0 bridgehead atoms. The van der Waals surface area contributed by atoms with E-state index in [1.807, 2.05) is 31.2 Å². The predicted octanol–water partition coefficient (Wildman–Crippen LogP) is 3.33. The quantitative estimate of drug-likeness (QED) is 0.626. The average molecular weight is 259 g/mol. The summed E-state index contributed by atoms with van der Waals surface area (Å²) in [7, 11) is 0. The lowest BCUT2D eigenvalue weighted by atomic mass is 10.1. The van der Waals surface area contributed by atoms with Gasteiger partial charge in [0.25, 0.3) is 0 Å². The largest absolute Gasteiger partial charge is 0.287 e. The summed E-state index contributed by atoms with van der Waals surface area (Å²) in [4.78, 5) is 19.6. The van der Waals surface area contributed by atoms with Gasteiger partial charge in [0.2, 0.25) is 5.78 Å². The fourth-order valence-electron chi connectivity index (χ4n) is 1.41. The number of halogens is 1. The molecule has 0 N–H and O–H groups in total. The molecule has 3 nitrogen and oxygen atoms in total. The Kier molecular flexibility index (Phi) is 3.85. The lowest BCUT2D eigenvalue weighted by molar-refractivity contribution is 0.104. The zero-order valence-electron chi connectivity index (χ0n) is 9.80. The molecule has 4 heteroatoms. The van der Waals surface area contributed by atoms with E-state index in [2.05, 4.69) is 9.97 Å². The number of ketones is 1. The molecule has 0 aliphatic rings. The van der Waals surface area contributed by atoms with Gasteiger partial charge in [-0.15, -0.1) is 0 Å². The number of rotatable bonds is 3. The highest BCUT2D eigenvalue weighted by molar-refractivity contribution is 6.33. The Balaban J connectivity index is 2.17. The average Bonchev–Trinajstić information content (AvgIpc) is 2.38. The fraction of sp³-hybridized carbons (Fsp3) is 0.0714. The third-order valence-electron chi connectivity index (χ3n) is 2.39. The van der Waals surface area contributed by atoms with E-state index < -0.39 is 0 Å². The van der Waals surface area contributed by atoms with Crippen LogP contribution >= 0.6 is 11.6 Å². The van der Waals surface area contributed by atoms with E-state index in [1.165, 1.54) is 24.0 Å². The Bertz CT molecular complexity index is 591. The number of allylic oxidation sites excluding steroid dienone is 1. The maximum absolute atomic E-state index is 11.8. The Morgan fingerprint density at radius 1 is 1.17 bits per heavy atom. The molecule has 0 fully saturated rings. The summed E-state index contributed by atoms with van der Waals surface area (Å²) in [6.07, 6.45) is 6.06. The van der Waals surface area contributed by atoms with Crippen LogP contribution in [0.25, 0.3) is 6.08 Å². The van der Waals surface area contributed by atoms with E-state index in [4.69, 9.17) is 11.6 Å². The normalized spacial score (nSPS) is 10.8. The van der Waals surface area contributed by atoms with Crippen molar-refractivity contribution in [2.75, 3.05) is 0 Å². The number of nitrogens with zero attached hydrogens (tertiary/aromatic N) is 2. The van der Waals surface area contributed by atoms with E-state index >= 15 is 0 Å². The SMILES string of the molecule is Cc1ccc(/C=C/C(=O)c2nccnc2Cl)cc1. The van der Waals surface area contributed by atoms with Crippen LogP contribution in [0.15, 0.2) is 42.7 Å². The minimum atomic E-state index is -0.256. The fourth-order valence-corrected chi connectivity index (χ4v) is 1.61. The lowest BCUT2D eigenvalue weighted by Crippen LogP contribution is -2.00. The number of hydrogen-bond acceptors (Lipinski definition) is 3. The van der Waals surface area contributed by atoms with Crippen molar-refractivity contribution in [3.05, 3.63) is 64.7 Å². The van der Waals surface area contributed by atoms with E-state index in [-0.39, 0.29) is 16.6 Å². The number of carbonyl (C=O) groups excluding carboxylic acids is 1. The number of carbonyl (C=O) groups is 1. The van der Waals surface area contributed by atoms with Crippen molar-refractivity contribution < 1.29 is 4.79 Å². The van der Waals surface area contributed by atoms with Gasteiger partial charge in [-0.25, -0.2) is 9.97 Å². The third-order valence-corrected chi connectivity index (χ3v) is 2.67. The van der Waals surface area contributed by atoms with Gasteiger partial charge in [-0.05, 0) is 18.6 Å². The summed E-state index contributed by atoms with van der Waals surface area (Å²) in [5, 5.41) is 0.121. The maximum Gasteiger partial charge on any atom is 0.207 e. The van der Waals surface area contributed by atoms with Crippen molar-refractivity contribution in [1.29, 1.82) is 0 Å². The predicted molar refractivity (Wildman–Crippen MR) is 71.6 cm³/mol. The number of aryl methyl sites for hydroxylation is 1. The second-order valence-electron chi connectivity index (χ2n) is 3.80. The Hall–Kier alpha value is -2.00. The van der Waals surface area contributed by atoms with Crippen molar-refractivity contribution >= 4 is 23.5 Å². The minimum Gasteiger partial charge on any atom is -0.287 e. The highest BCUT2D eigenvalue weighted by Crippen LogP contribution is 2.11. The van der Waals surface area contributed by atoms with Crippen LogP contribution in [0.4, 0.5) is 0 Å². The van der Waals surface area contributed by atoms with E-state index in [1.54, 1.807) is 6.08 Å². The second-order valence-corrected chi connectivity index (χ2v) is 4.16. The highest BCUT2D eigenvalue weighted by Gasteiger charge is 2.08. The number of hydrogen-bond donors (Lipinski definition) is 0. The van der Waals surface area contributed by atoms with E-state index in [0.29, 0.717) is 0 Å². The maximum atomic E-state index is 11.8. The van der Waals surface area contributed by atoms with Gasteiger partial charge in [0.05, 0.1) is 0 Å². The second kappa shape index (κ2) is 5.56. The van der Waals surface area contributed by atoms with Gasteiger partial charge in [-0.1, -0.05) is 47.5 Å². The molecule has 1 heterocycles. The molecule has 0 aliphatic carbocycles. The van der Waals surface area contributed by atoms with Crippen molar-refractivity contribution in [3.8, 4) is 0 Å². The molecule has 0 aliphatic heterocycles. The Morgan fingerprint density at radius 2 is 1.83 bits per heavy atom. The molecule has 0 atom stereocenters. The summed E-state index contributed by atoms with van der Waals surface area (Å²) < 4.78 is 0. The monoisotopic (exact) mass is 258 g/mol. The number of benzene rings is 1. The summed E-state index contributed by atoms with van der Waals surface area (Å²) in [5.74, 6) is -0.256. The topological polar surface area (TPSA) is 42.9 Å². The first-order chi connectivity index (χ1) is 8.66. The van der Waals surface area contributed by atoms with Crippen LogP contribution in [0.2, 0.25) is 5.15 Å². The van der Waals surface area contributed by atoms with E-state index in [9.17, 15) is 4.79 Å². The van der Waals surface area contributed by atoms with Gasteiger partial charge in [-0.2, -0.15) is 0 Å². The van der Waals surface area contributed by atoms with Gasteiger partial charge in [0.15, 0.2) is 5.15 Å². The minimum absolute atomic E-state index is 0.121. The molecule has 2 aromatic rings. The van der Waals surface area contributed by atoms with Gasteiger partial charge >= 0.3 is 0 Å². The first-order valence-electron chi connectivity index (χ1n) is 5.42. The van der Waals surface area contributed by atoms with Crippen LogP contribution in [0.5, 0.6) is 0 Å². The first-order valence-corrected chi connectivity index (χ1v) is 5.80. The molecular weight excluding hydrogens is 248 g/mol. The summed E-state index contributed by atoms with van der Waals surface area (Å²) in [6.45, 7) is 2.01. The third kappa shape index (κ3) is 3.02. The Labute approximate surface area is 110 Å². The van der Waals surface area contributed by atoms with Crippen molar-refractivity contribution in [2.45, 2.75) is 6.92 Å². The van der Waals surface area contributed by atoms with Gasteiger partial charge in [0, 0.05) is 12.4 Å². The van der Waals surface area contributed by atoms with Crippen molar-refractivity contribution in [3.63, 3.8) is 0 Å². The molecule has 18 heavy (non-hydrogen) atoms. The van der Waals surface area contributed by atoms with Crippen LogP contribution in [0.3, 0.4) is 0 Å². The summed E-state index contributed by atoms with van der Waals surface area (Å²) in [5.41, 5.74) is 2.30. The van der Waals surface area contributed by atoms with Gasteiger partial charge < -0.3 is 0 Å². The molecule has 1 aromatic carbocycles. The molecule has 0 unspecified atom stereocenters. The Morgan fingerprint density at radius 3 is 2.50 bits per heavy atom. The summed E-state index contributed by atoms with van der Waals surface area (Å²) in [6, 6.07) is 7.85. The van der Waals surface area contributed by atoms with E-state index in [0.717, 1.165) is 5.56 Å². The van der Waals surface area contributed by atoms with Crippen LogP contribution in [-0.2, 0) is 0 Å². The molecule has 0 radical (unpaired) electrons. The van der Waals surface area contributed by atoms with Crippen LogP contribution in [0.1, 0.15) is 21.6 Å². The molecule has 0 saturated carbocycles. The van der Waals surface area contributed by atoms with Crippen molar-refractivity contribution in [2.24, 2.45) is 0 Å². The molecule has 2 rings (SSSR count). The molecule has 90 valence electrons. The lowest BCUT2D eigenvalue weighted by Gasteiger charge is -1.97. The zero-order valence-corrected chi connectivity index (χ0v) is 10.6. The van der Waals surface area contributed by atoms with Crippen LogP contribution in [-0.4, -0.2) is 15.8 Å². The van der Waals surface area contributed by atoms with Gasteiger partial charge in [0.1, 0.15) is 5.69 Å². The van der Waals surface area contributed by atoms with Gasteiger partial charge in [-0.3, -0.25) is 4.79 Å². The standard InChI is InChI=1S/C14H11ClN2O/c1-10-2-4-11(5-3-10)6-7-12(18)13-14(15)17-9-8-16-13/h2-9H,1H3/b7-6+. The highest BCUT2D eigenvalue weighted by atomic mass is 35.5. The molecule has 0 spiro atoms. The van der Waals surface area contributed by atoms with Crippen molar-refractivity contribution in [1.82, 2.24) is 9.97 Å². The molecular formula is C14H11ClN2O. The summed E-state index contributed by atoms with van der Waals surface area (Å²) >= 11 is 5.79. The zero-order chi connectivity index (χ0) is 13.0. The first kappa shape index (κ1) is 12.5. The number of aromatic nitrogens is 2. The molecule has 0 amide bonds. The van der Waals surface area contributed by atoms with Crippen LogP contribution in [0, 0.1) is 6.92 Å².